The van der Waals surface area contributed by atoms with Crippen LogP contribution in [0.2, 0.25) is 0 Å². The Morgan fingerprint density at radius 2 is 0.864 bits per heavy atom. The van der Waals surface area contributed by atoms with E-state index in [1.807, 2.05) is 118 Å². The van der Waals surface area contributed by atoms with Gasteiger partial charge in [-0.25, -0.2) is 9.97 Å². The Balaban J connectivity index is 1.47. The van der Waals surface area contributed by atoms with Crippen LogP contribution in [0, 0.1) is 22.7 Å². The molecule has 234 valence electrons. The lowest BCUT2D eigenvalue weighted by molar-refractivity contribution is -0.130. The summed E-state index contributed by atoms with van der Waals surface area (Å²) in [5.41, 5.74) is 2.91. The molecule has 0 aliphatic carbocycles. The van der Waals surface area contributed by atoms with Crippen LogP contribution < -0.4 is 10.6 Å². The predicted octanol–water partition coefficient (Wildman–Crippen LogP) is 8.38. The van der Waals surface area contributed by atoms with Crippen molar-refractivity contribution in [2.75, 3.05) is 0 Å². The Kier molecular flexibility index (Phi) is 9.52. The monoisotopic (exact) mass is 598 g/mol. The maximum atomic E-state index is 12.6. The van der Waals surface area contributed by atoms with Crippen LogP contribution in [0.3, 0.4) is 0 Å². The minimum absolute atomic E-state index is 0.0422. The number of nitrogens with zero attached hydrogens (tertiary/aromatic N) is 2. The fourth-order valence-corrected chi connectivity index (χ4v) is 4.53. The molecule has 0 spiro atoms. The van der Waals surface area contributed by atoms with Crippen LogP contribution in [0.25, 0.3) is 33.8 Å². The van der Waals surface area contributed by atoms with E-state index in [1.165, 1.54) is 0 Å². The standard InChI is InChI=1S/C36H46N4O4/c1-21(2)29(39-33(41)35(5,6)7)31-37-19-27(43-31)25-15-11-23(12-16-25)24-13-17-26(18-14-24)28-20-38-32(44-28)30(22(3)4)40-34(42)36(8,9)10/h11-22,29-30H,1-10H3,(H,39,41)(H,40,42)/t29-,30-/m0/s1. The third kappa shape index (κ3) is 7.65. The van der Waals surface area contributed by atoms with Gasteiger partial charge < -0.3 is 19.5 Å². The SMILES string of the molecule is CC(C)[C@H](NC(=O)C(C)(C)C)c1ncc(-c2ccc(-c3ccc(-c4cnc([C@@H](NC(=O)C(C)(C)C)C(C)C)o4)cc3)cc2)o1. The summed E-state index contributed by atoms with van der Waals surface area (Å²) in [7, 11) is 0. The van der Waals surface area contributed by atoms with Crippen LogP contribution in [0.1, 0.15) is 93.1 Å². The van der Waals surface area contributed by atoms with E-state index < -0.39 is 10.8 Å². The van der Waals surface area contributed by atoms with E-state index >= 15 is 0 Å². The van der Waals surface area contributed by atoms with Gasteiger partial charge in [0.1, 0.15) is 12.1 Å². The van der Waals surface area contributed by atoms with Gasteiger partial charge in [0.15, 0.2) is 11.5 Å². The molecule has 4 aromatic rings. The first kappa shape index (κ1) is 32.7. The summed E-state index contributed by atoms with van der Waals surface area (Å²) in [4.78, 5) is 34.2. The molecule has 2 amide bonds. The highest BCUT2D eigenvalue weighted by Gasteiger charge is 2.30. The molecule has 4 rings (SSSR count). The second-order valence-electron chi connectivity index (χ2n) is 14.2. The first-order chi connectivity index (χ1) is 20.5. The normalized spacial score (nSPS) is 13.6. The van der Waals surface area contributed by atoms with E-state index in [4.69, 9.17) is 8.83 Å². The van der Waals surface area contributed by atoms with Gasteiger partial charge in [-0.05, 0) is 23.0 Å². The zero-order valence-corrected chi connectivity index (χ0v) is 27.6. The van der Waals surface area contributed by atoms with Crippen molar-refractivity contribution in [2.24, 2.45) is 22.7 Å². The molecule has 0 bridgehead atoms. The largest absolute Gasteiger partial charge is 0.438 e. The molecule has 8 nitrogen and oxygen atoms in total. The molecular formula is C36H46N4O4. The molecule has 0 unspecified atom stereocenters. The molecule has 0 radical (unpaired) electrons. The second-order valence-corrected chi connectivity index (χ2v) is 14.2. The van der Waals surface area contributed by atoms with Gasteiger partial charge >= 0.3 is 0 Å². The topological polar surface area (TPSA) is 110 Å². The summed E-state index contributed by atoms with van der Waals surface area (Å²) in [5, 5.41) is 6.17. The van der Waals surface area contributed by atoms with Crippen LogP contribution in [-0.2, 0) is 9.59 Å². The van der Waals surface area contributed by atoms with Crippen LogP contribution >= 0.6 is 0 Å². The molecule has 0 aliphatic heterocycles. The smallest absolute Gasteiger partial charge is 0.226 e. The van der Waals surface area contributed by atoms with Crippen LogP contribution in [0.5, 0.6) is 0 Å². The Morgan fingerprint density at radius 3 is 1.14 bits per heavy atom. The van der Waals surface area contributed by atoms with Crippen LogP contribution in [-0.4, -0.2) is 21.8 Å². The Morgan fingerprint density at radius 1 is 0.568 bits per heavy atom. The molecule has 2 heterocycles. The van der Waals surface area contributed by atoms with Crippen molar-refractivity contribution >= 4 is 11.8 Å². The van der Waals surface area contributed by atoms with Gasteiger partial charge in [-0.1, -0.05) is 118 Å². The zero-order valence-electron chi connectivity index (χ0n) is 27.6. The molecule has 0 saturated heterocycles. The average Bonchev–Trinajstić information content (AvgIpc) is 3.64. The molecule has 8 heteroatoms. The maximum absolute atomic E-state index is 12.6. The molecule has 0 fully saturated rings. The minimum Gasteiger partial charge on any atom is -0.438 e. The van der Waals surface area contributed by atoms with Gasteiger partial charge in [0.2, 0.25) is 23.6 Å². The molecule has 0 saturated carbocycles. The predicted molar refractivity (Wildman–Crippen MR) is 173 cm³/mol. The van der Waals surface area contributed by atoms with Gasteiger partial charge in [-0.3, -0.25) is 9.59 Å². The molecule has 2 atom stereocenters. The third-order valence-electron chi connectivity index (χ3n) is 7.52. The van der Waals surface area contributed by atoms with Crippen molar-refractivity contribution in [2.45, 2.75) is 81.3 Å². The summed E-state index contributed by atoms with van der Waals surface area (Å²) >= 11 is 0. The van der Waals surface area contributed by atoms with Gasteiger partial charge in [0.05, 0.1) is 12.4 Å². The Hall–Kier alpha value is -4.20. The number of amides is 2. The molecular weight excluding hydrogens is 552 g/mol. The number of nitrogens with one attached hydrogen (secondary N) is 2. The number of benzene rings is 2. The fraction of sp³-hybridized carbons (Fsp3) is 0.444. The highest BCUT2D eigenvalue weighted by molar-refractivity contribution is 5.82. The fourth-order valence-electron chi connectivity index (χ4n) is 4.53. The lowest BCUT2D eigenvalue weighted by Crippen LogP contribution is -2.39. The maximum Gasteiger partial charge on any atom is 0.226 e. The molecule has 2 N–H and O–H groups in total. The van der Waals surface area contributed by atoms with Gasteiger partial charge in [0, 0.05) is 22.0 Å². The Labute approximate surface area is 261 Å². The summed E-state index contributed by atoms with van der Waals surface area (Å²) < 4.78 is 12.2. The zero-order chi connectivity index (χ0) is 32.4. The van der Waals surface area contributed by atoms with E-state index in [0.29, 0.717) is 23.3 Å². The number of carbonyl (C=O) groups is 2. The number of hydrogen-bond acceptors (Lipinski definition) is 6. The van der Waals surface area contributed by atoms with E-state index in [0.717, 1.165) is 22.3 Å². The van der Waals surface area contributed by atoms with E-state index in [2.05, 4.69) is 20.6 Å². The average molecular weight is 599 g/mol. The number of aromatic nitrogens is 2. The molecule has 2 aromatic carbocycles. The van der Waals surface area contributed by atoms with Crippen molar-refractivity contribution in [1.29, 1.82) is 0 Å². The molecule has 44 heavy (non-hydrogen) atoms. The van der Waals surface area contributed by atoms with Crippen LogP contribution in [0.15, 0.2) is 69.8 Å². The van der Waals surface area contributed by atoms with Gasteiger partial charge in [0.25, 0.3) is 0 Å². The van der Waals surface area contributed by atoms with Crippen molar-refractivity contribution in [3.8, 4) is 33.8 Å². The number of rotatable bonds is 9. The minimum atomic E-state index is -0.504. The number of carbonyl (C=O) groups excluding carboxylic acids is 2. The second kappa shape index (κ2) is 12.8. The summed E-state index contributed by atoms with van der Waals surface area (Å²) in [5.74, 6) is 2.45. The first-order valence-electron chi connectivity index (χ1n) is 15.3. The highest BCUT2D eigenvalue weighted by atomic mass is 16.4. The summed E-state index contributed by atoms with van der Waals surface area (Å²) in [6, 6.07) is 15.6. The van der Waals surface area contributed by atoms with E-state index in [1.54, 1.807) is 12.4 Å². The lowest BCUT2D eigenvalue weighted by Gasteiger charge is -2.24. The first-order valence-corrected chi connectivity index (χ1v) is 15.3. The lowest BCUT2D eigenvalue weighted by atomic mass is 9.94. The van der Waals surface area contributed by atoms with Crippen molar-refractivity contribution in [3.05, 3.63) is 72.7 Å². The molecule has 2 aromatic heterocycles. The quantitative estimate of drug-likeness (QED) is 0.200. The third-order valence-corrected chi connectivity index (χ3v) is 7.52. The van der Waals surface area contributed by atoms with Gasteiger partial charge in [-0.15, -0.1) is 0 Å². The van der Waals surface area contributed by atoms with Crippen molar-refractivity contribution < 1.29 is 18.4 Å². The summed E-state index contributed by atoms with van der Waals surface area (Å²) in [6.45, 7) is 19.5. The molecule has 0 aliphatic rings. The van der Waals surface area contributed by atoms with E-state index in [-0.39, 0.29) is 35.7 Å². The van der Waals surface area contributed by atoms with Crippen molar-refractivity contribution in [1.82, 2.24) is 20.6 Å². The Bertz CT molecular complexity index is 1450. The van der Waals surface area contributed by atoms with E-state index in [9.17, 15) is 9.59 Å². The van der Waals surface area contributed by atoms with Crippen LogP contribution in [0.4, 0.5) is 0 Å². The van der Waals surface area contributed by atoms with Gasteiger partial charge in [-0.2, -0.15) is 0 Å². The number of oxazole rings is 2. The summed E-state index contributed by atoms with van der Waals surface area (Å²) in [6.07, 6.45) is 3.42. The van der Waals surface area contributed by atoms with Crippen molar-refractivity contribution in [3.63, 3.8) is 0 Å². The highest BCUT2D eigenvalue weighted by Crippen LogP contribution is 2.32. The number of hydrogen-bond donors (Lipinski definition) is 2.